The summed E-state index contributed by atoms with van der Waals surface area (Å²) in [6.45, 7) is 0.188. The third-order valence-electron chi connectivity index (χ3n) is 8.57. The van der Waals surface area contributed by atoms with Crippen molar-refractivity contribution in [1.82, 2.24) is 30.2 Å². The van der Waals surface area contributed by atoms with Gasteiger partial charge in [0.15, 0.2) is 23.5 Å². The molecule has 3 aromatic rings. The van der Waals surface area contributed by atoms with E-state index in [1.807, 2.05) is 6.07 Å². The normalized spacial score (nSPS) is 21.9. The zero-order valence-electron chi connectivity index (χ0n) is 32.0. The largest absolute Gasteiger partial charge is 0.481 e. The number of anilines is 1. The molecule has 0 spiro atoms. The zero-order chi connectivity index (χ0) is 44.8. The number of ether oxygens (including phenoxy) is 3. The summed E-state index contributed by atoms with van der Waals surface area (Å²) in [7, 11) is -16.4. The van der Waals surface area contributed by atoms with Crippen LogP contribution in [0.3, 0.4) is 0 Å². The number of fused-ring (bicyclic) bond motifs is 1. The number of benzene rings is 1. The molecule has 0 aliphatic carbocycles. The Balaban J connectivity index is 1.04. The molecule has 2 aliphatic rings. The van der Waals surface area contributed by atoms with Crippen molar-refractivity contribution in [2.75, 3.05) is 44.6 Å². The van der Waals surface area contributed by atoms with Crippen LogP contribution in [0.1, 0.15) is 32.1 Å². The predicted molar refractivity (Wildman–Crippen MR) is 207 cm³/mol. The van der Waals surface area contributed by atoms with Crippen molar-refractivity contribution in [2.24, 2.45) is 5.41 Å². The number of hydrogen-bond donors (Lipinski definition) is 9. The van der Waals surface area contributed by atoms with Crippen molar-refractivity contribution < 1.29 is 90.0 Å². The minimum Gasteiger partial charge on any atom is -0.453 e. The number of nitrogens with one attached hydrogen (secondary N) is 2. The number of nitrogen functional groups attached to an aromatic ring is 1. The van der Waals surface area contributed by atoms with Gasteiger partial charge < -0.3 is 60.4 Å². The number of phosphoric ester groups is 3. The molecule has 1 fully saturated rings. The smallest absolute Gasteiger partial charge is 0.453 e. The second-order valence-corrected chi connectivity index (χ2v) is 18.9. The number of imidazole rings is 1. The van der Waals surface area contributed by atoms with Crippen molar-refractivity contribution in [3.8, 4) is 0 Å². The monoisotopic (exact) mass is 941 g/mol. The van der Waals surface area contributed by atoms with Gasteiger partial charge in [0.2, 0.25) is 24.4 Å². The second-order valence-electron chi connectivity index (χ2n) is 13.6. The van der Waals surface area contributed by atoms with Crippen molar-refractivity contribution in [1.29, 1.82) is 0 Å². The molecule has 30 heteroatoms. The first-order valence-electron chi connectivity index (χ1n) is 17.7. The van der Waals surface area contributed by atoms with Gasteiger partial charge in [0.05, 0.1) is 19.5 Å². The predicted octanol–water partition coefficient (Wildman–Crippen LogP) is 0.0378. The van der Waals surface area contributed by atoms with E-state index in [4.69, 9.17) is 29.0 Å². The Morgan fingerprint density at radius 1 is 1.02 bits per heavy atom. The molecule has 2 amide bonds. The molecular weight excluding hydrogens is 899 g/mol. The number of hydrogen-bond acceptors (Lipinski definition) is 20. The minimum atomic E-state index is -5.59. The fourth-order valence-corrected chi connectivity index (χ4v) is 9.07. The number of rotatable bonds is 21. The first-order chi connectivity index (χ1) is 28.6. The van der Waals surface area contributed by atoms with Crippen molar-refractivity contribution >= 4 is 74.9 Å². The van der Waals surface area contributed by atoms with E-state index in [9.17, 15) is 57.9 Å². The molecule has 10 N–H and O–H groups in total. The van der Waals surface area contributed by atoms with E-state index in [1.54, 1.807) is 24.3 Å². The summed E-state index contributed by atoms with van der Waals surface area (Å²) in [5.41, 5.74) is 4.90. The molecule has 0 saturated carbocycles. The Hall–Kier alpha value is -3.88. The number of thioether (sulfide) groups is 1. The van der Waals surface area contributed by atoms with Crippen molar-refractivity contribution in [3.05, 3.63) is 54.3 Å². The maximum Gasteiger partial charge on any atom is 0.481 e. The summed E-state index contributed by atoms with van der Waals surface area (Å²) >= 11 is 0.903. The first kappa shape index (κ1) is 48.2. The lowest BCUT2D eigenvalue weighted by Gasteiger charge is -2.30. The lowest BCUT2D eigenvalue weighted by atomic mass is 9.87. The SMILES string of the molecule is CC(C)(COP(=O)(O)OP(=O)(O)OC[C@H]1O[C@@H](n2cnc3c(N)ncnc32)[C@H](O)[C@@H]1OP(=O)(O)O)[C@@H](O)C(=O)NCCC(=O)NCCSC(=O)C1=C(c2ccccc2)OCO1. The van der Waals surface area contributed by atoms with Gasteiger partial charge in [-0.25, -0.2) is 28.6 Å². The highest BCUT2D eigenvalue weighted by molar-refractivity contribution is 8.14. The van der Waals surface area contributed by atoms with E-state index < -0.39 is 84.6 Å². The van der Waals surface area contributed by atoms with E-state index in [-0.39, 0.29) is 59.9 Å². The third kappa shape index (κ3) is 13.1. The van der Waals surface area contributed by atoms with Crippen LogP contribution >= 0.6 is 35.2 Å². The molecule has 2 aromatic heterocycles. The van der Waals surface area contributed by atoms with Gasteiger partial charge in [-0.1, -0.05) is 55.9 Å². The fraction of sp³-hybridized carbons (Fsp3) is 0.484. The van der Waals surface area contributed by atoms with Crippen LogP contribution in [0, 0.1) is 5.41 Å². The van der Waals surface area contributed by atoms with Gasteiger partial charge in [-0.15, -0.1) is 0 Å². The molecule has 2 unspecified atom stereocenters. The zero-order valence-corrected chi connectivity index (χ0v) is 35.5. The summed E-state index contributed by atoms with van der Waals surface area (Å²) in [6, 6.07) is 8.91. The lowest BCUT2D eigenvalue weighted by molar-refractivity contribution is -0.137. The van der Waals surface area contributed by atoms with Gasteiger partial charge >= 0.3 is 23.5 Å². The minimum absolute atomic E-state index is 0.0245. The number of carbonyl (C=O) groups is 3. The third-order valence-corrected chi connectivity index (χ3v) is 12.5. The van der Waals surface area contributed by atoms with Crippen LogP contribution in [0.4, 0.5) is 5.82 Å². The lowest BCUT2D eigenvalue weighted by Crippen LogP contribution is -2.46. The van der Waals surface area contributed by atoms with Crippen LogP contribution in [-0.4, -0.2) is 130 Å². The van der Waals surface area contributed by atoms with E-state index >= 15 is 0 Å². The molecule has 5 rings (SSSR count). The molecule has 26 nitrogen and oxygen atoms in total. The molecule has 1 aromatic carbocycles. The summed E-state index contributed by atoms with van der Waals surface area (Å²) in [4.78, 5) is 88.6. The molecule has 336 valence electrons. The Bertz CT molecular complexity index is 2250. The molecule has 0 radical (unpaired) electrons. The summed E-state index contributed by atoms with van der Waals surface area (Å²) in [5, 5.41) is 26.1. The molecule has 2 aliphatic heterocycles. The van der Waals surface area contributed by atoms with Crippen LogP contribution < -0.4 is 16.4 Å². The highest BCUT2D eigenvalue weighted by atomic mass is 32.2. The Morgan fingerprint density at radius 3 is 2.43 bits per heavy atom. The first-order valence-corrected chi connectivity index (χ1v) is 23.2. The number of aliphatic hydroxyl groups excluding tert-OH is 2. The van der Waals surface area contributed by atoms with Gasteiger partial charge in [-0.05, 0) is 0 Å². The maximum absolute atomic E-state index is 12.7. The van der Waals surface area contributed by atoms with Gasteiger partial charge in [-0.2, -0.15) is 4.31 Å². The van der Waals surface area contributed by atoms with E-state index in [0.717, 1.165) is 29.0 Å². The number of phosphoric acid groups is 3. The summed E-state index contributed by atoms with van der Waals surface area (Å²) < 4.78 is 73.0. The molecule has 7 atom stereocenters. The van der Waals surface area contributed by atoms with E-state index in [1.165, 1.54) is 13.8 Å². The van der Waals surface area contributed by atoms with Crippen molar-refractivity contribution in [3.63, 3.8) is 0 Å². The van der Waals surface area contributed by atoms with Crippen molar-refractivity contribution in [2.45, 2.75) is 50.9 Å². The maximum atomic E-state index is 12.7. The number of aromatic nitrogens is 4. The highest BCUT2D eigenvalue weighted by Crippen LogP contribution is 2.61. The number of aliphatic hydroxyl groups is 2. The Labute approximate surface area is 349 Å². The average Bonchev–Trinajstić information content (AvgIpc) is 3.93. The topological polar surface area (TPSA) is 382 Å². The highest BCUT2D eigenvalue weighted by Gasteiger charge is 2.50. The second kappa shape index (κ2) is 20.1. The van der Waals surface area contributed by atoms with Gasteiger partial charge in [0.1, 0.15) is 36.3 Å². The molecule has 0 bridgehead atoms. The van der Waals surface area contributed by atoms with E-state index in [2.05, 4.69) is 34.4 Å². The summed E-state index contributed by atoms with van der Waals surface area (Å²) in [5.74, 6) is -0.961. The van der Waals surface area contributed by atoms with Crippen LogP contribution in [0.2, 0.25) is 0 Å². The van der Waals surface area contributed by atoms with Crippen LogP contribution in [0.25, 0.3) is 16.9 Å². The molecule has 4 heterocycles. The van der Waals surface area contributed by atoms with Crippen LogP contribution in [0.5, 0.6) is 0 Å². The van der Waals surface area contributed by atoms with Crippen LogP contribution in [-0.2, 0) is 60.2 Å². The molecule has 61 heavy (non-hydrogen) atoms. The van der Waals surface area contributed by atoms with Gasteiger partial charge in [-0.3, -0.25) is 32.5 Å². The van der Waals surface area contributed by atoms with E-state index in [0.29, 0.717) is 11.3 Å². The number of carbonyl (C=O) groups excluding carboxylic acids is 3. The molecular formula is C31H42N7O19P3S. The number of nitrogens with two attached hydrogens (primary N) is 1. The van der Waals surface area contributed by atoms with Gasteiger partial charge in [0.25, 0.3) is 5.12 Å². The summed E-state index contributed by atoms with van der Waals surface area (Å²) in [6.07, 6.45) is -7.04. The Kier molecular flexibility index (Phi) is 15.9. The number of amides is 2. The average molecular weight is 942 g/mol. The number of nitrogens with zero attached hydrogens (tertiary/aromatic N) is 4. The molecule has 1 saturated heterocycles. The Morgan fingerprint density at radius 2 is 1.72 bits per heavy atom. The quantitative estimate of drug-likeness (QED) is 0.0503. The standard InChI is InChI=1S/C31H42N7O19P3S/c1-31(2,25(41)28(42)34-9-8-19(39)33-10-11-61-30(43)24-22(51-16-52-24)17-6-4-3-5-7-17)13-54-60(49,50)57-59(47,48)53-12-18-23(56-58(44,45)46)21(40)29(55-18)38-15-37-20-26(32)35-14-36-27(20)38/h3-7,14-15,18,21,23,25,29,40-41H,8-13,16H2,1-2H3,(H,33,39)(H,34,42)(H,47,48)(H,49,50)(H2,32,35,36)(H2,44,45,46)/t18-,21-,23-,25+,29-/m1/s1. The van der Waals surface area contributed by atoms with Gasteiger partial charge in [0, 0.05) is 36.2 Å². The fourth-order valence-electron chi connectivity index (χ4n) is 5.57. The van der Waals surface area contributed by atoms with Crippen LogP contribution in [0.15, 0.2) is 48.7 Å².